The number of sulfonamides is 1. The standard InChI is InChI=1S/C27H28N2O6S2/c1-21-4-14-26(15-5-21)36(30,31)28-17-16-27(20-28)37(32,33)29(18-22-6-10-24(34-2)11-7-22)19-23-8-12-25(35-3)13-9-23/h4-17,20H,18-19H2,1-3H3. The van der Waals surface area contributed by atoms with Crippen LogP contribution in [0, 0.1) is 6.92 Å². The van der Waals surface area contributed by atoms with E-state index in [9.17, 15) is 16.8 Å². The van der Waals surface area contributed by atoms with Crippen LogP contribution < -0.4 is 9.47 Å². The smallest absolute Gasteiger partial charge is 0.267 e. The third kappa shape index (κ3) is 5.87. The molecule has 0 aliphatic carbocycles. The van der Waals surface area contributed by atoms with Crippen molar-refractivity contribution in [3.8, 4) is 11.5 Å². The van der Waals surface area contributed by atoms with E-state index in [-0.39, 0.29) is 22.9 Å². The van der Waals surface area contributed by atoms with E-state index < -0.39 is 20.0 Å². The predicted molar refractivity (Wildman–Crippen MR) is 141 cm³/mol. The van der Waals surface area contributed by atoms with E-state index in [1.807, 2.05) is 6.92 Å². The lowest BCUT2D eigenvalue weighted by atomic mass is 10.2. The summed E-state index contributed by atoms with van der Waals surface area (Å²) in [6.07, 6.45) is 2.39. The van der Waals surface area contributed by atoms with Crippen LogP contribution >= 0.6 is 0 Å². The molecule has 0 N–H and O–H groups in total. The van der Waals surface area contributed by atoms with E-state index in [0.717, 1.165) is 26.9 Å². The summed E-state index contributed by atoms with van der Waals surface area (Å²) in [4.78, 5) is -0.0452. The average molecular weight is 541 g/mol. The maximum absolute atomic E-state index is 13.8. The van der Waals surface area contributed by atoms with Crippen LogP contribution in [0.5, 0.6) is 11.5 Å². The number of rotatable bonds is 10. The summed E-state index contributed by atoms with van der Waals surface area (Å²) >= 11 is 0. The van der Waals surface area contributed by atoms with Crippen molar-refractivity contribution < 1.29 is 26.3 Å². The first-order valence-corrected chi connectivity index (χ1v) is 14.3. The van der Waals surface area contributed by atoms with Gasteiger partial charge in [-0.3, -0.25) is 0 Å². The van der Waals surface area contributed by atoms with Crippen molar-refractivity contribution in [2.75, 3.05) is 14.2 Å². The van der Waals surface area contributed by atoms with Crippen molar-refractivity contribution in [1.82, 2.24) is 8.28 Å². The summed E-state index contributed by atoms with van der Waals surface area (Å²) in [7, 11) is -4.90. The molecule has 194 valence electrons. The quantitative estimate of drug-likeness (QED) is 0.295. The Kier molecular flexibility index (Phi) is 7.72. The Bertz CT molecular complexity index is 1510. The second-order valence-corrected chi connectivity index (χ2v) is 12.2. The molecule has 0 radical (unpaired) electrons. The lowest BCUT2D eigenvalue weighted by Gasteiger charge is -2.22. The van der Waals surface area contributed by atoms with E-state index in [0.29, 0.717) is 11.5 Å². The van der Waals surface area contributed by atoms with Crippen molar-refractivity contribution in [3.05, 3.63) is 108 Å². The van der Waals surface area contributed by atoms with Gasteiger partial charge < -0.3 is 9.47 Å². The second-order valence-electron chi connectivity index (χ2n) is 8.46. The molecule has 0 saturated heterocycles. The van der Waals surface area contributed by atoms with Gasteiger partial charge in [0, 0.05) is 25.5 Å². The molecule has 0 atom stereocenters. The highest BCUT2D eigenvalue weighted by molar-refractivity contribution is 7.90. The molecule has 0 amide bonds. The van der Waals surface area contributed by atoms with Gasteiger partial charge in [-0.15, -0.1) is 0 Å². The minimum absolute atomic E-state index is 0.0750. The Labute approximate surface area is 217 Å². The Morgan fingerprint density at radius 2 is 1.16 bits per heavy atom. The van der Waals surface area contributed by atoms with Crippen LogP contribution in [-0.2, 0) is 33.1 Å². The summed E-state index contributed by atoms with van der Waals surface area (Å²) in [5.41, 5.74) is 2.43. The predicted octanol–water partition coefficient (Wildman–Crippen LogP) is 4.44. The van der Waals surface area contributed by atoms with Crippen molar-refractivity contribution >= 4 is 20.0 Å². The lowest BCUT2D eigenvalue weighted by molar-refractivity contribution is 0.397. The minimum atomic E-state index is -4.07. The zero-order valence-electron chi connectivity index (χ0n) is 20.7. The van der Waals surface area contributed by atoms with Crippen LogP contribution in [0.15, 0.2) is 101 Å². The number of benzene rings is 3. The van der Waals surface area contributed by atoms with Gasteiger partial charge in [-0.25, -0.2) is 20.8 Å². The van der Waals surface area contributed by atoms with E-state index in [1.54, 1.807) is 74.9 Å². The number of nitrogens with zero attached hydrogens (tertiary/aromatic N) is 2. The molecule has 0 bridgehead atoms. The fourth-order valence-electron chi connectivity index (χ4n) is 3.74. The van der Waals surface area contributed by atoms with Gasteiger partial charge >= 0.3 is 0 Å². The monoisotopic (exact) mass is 540 g/mol. The fraction of sp³-hybridized carbons (Fsp3) is 0.185. The molecule has 4 rings (SSSR count). The zero-order chi connectivity index (χ0) is 26.6. The maximum Gasteiger partial charge on any atom is 0.267 e. The number of hydrogen-bond acceptors (Lipinski definition) is 6. The van der Waals surface area contributed by atoms with Crippen molar-refractivity contribution in [2.45, 2.75) is 29.8 Å². The molecule has 3 aromatic carbocycles. The number of methoxy groups -OCH3 is 2. The lowest BCUT2D eigenvalue weighted by Crippen LogP contribution is -2.30. The Morgan fingerprint density at radius 1 is 0.676 bits per heavy atom. The first-order chi connectivity index (χ1) is 17.6. The Hall–Kier alpha value is -3.60. The second kappa shape index (κ2) is 10.8. The molecule has 10 heteroatoms. The maximum atomic E-state index is 13.8. The molecule has 0 unspecified atom stereocenters. The molecule has 0 aliphatic heterocycles. The molecule has 0 aliphatic rings. The van der Waals surface area contributed by atoms with Gasteiger partial charge in [0.15, 0.2) is 0 Å². The zero-order valence-corrected chi connectivity index (χ0v) is 22.4. The van der Waals surface area contributed by atoms with E-state index in [2.05, 4.69) is 0 Å². The molecular formula is C27H28N2O6S2. The van der Waals surface area contributed by atoms with Gasteiger partial charge in [0.1, 0.15) is 16.4 Å². The van der Waals surface area contributed by atoms with Crippen LogP contribution in [0.3, 0.4) is 0 Å². The molecule has 0 fully saturated rings. The fourth-order valence-corrected chi connectivity index (χ4v) is 6.42. The topological polar surface area (TPSA) is 94.9 Å². The molecule has 1 heterocycles. The van der Waals surface area contributed by atoms with E-state index in [4.69, 9.17) is 9.47 Å². The van der Waals surface area contributed by atoms with Crippen molar-refractivity contribution in [3.63, 3.8) is 0 Å². The Balaban J connectivity index is 1.68. The SMILES string of the molecule is COc1ccc(CN(Cc2ccc(OC)cc2)S(=O)(=O)c2ccn(S(=O)(=O)c3ccc(C)cc3)c2)cc1. The van der Waals surface area contributed by atoms with Gasteiger partial charge in [0.05, 0.1) is 19.1 Å². The van der Waals surface area contributed by atoms with Gasteiger partial charge in [0.2, 0.25) is 10.0 Å². The highest BCUT2D eigenvalue weighted by atomic mass is 32.2. The molecule has 8 nitrogen and oxygen atoms in total. The van der Waals surface area contributed by atoms with Crippen LogP contribution in [0.25, 0.3) is 0 Å². The number of aryl methyl sites for hydroxylation is 1. The largest absolute Gasteiger partial charge is 0.497 e. The van der Waals surface area contributed by atoms with E-state index in [1.165, 1.54) is 28.7 Å². The number of hydrogen-bond donors (Lipinski definition) is 0. The summed E-state index contributed by atoms with van der Waals surface area (Å²) in [6, 6.07) is 21.9. The van der Waals surface area contributed by atoms with Gasteiger partial charge in [0.25, 0.3) is 10.0 Å². The number of aromatic nitrogens is 1. The first-order valence-electron chi connectivity index (χ1n) is 11.4. The molecule has 4 aromatic rings. The summed E-state index contributed by atoms with van der Waals surface area (Å²) in [6.45, 7) is 2.01. The molecular weight excluding hydrogens is 512 g/mol. The average Bonchev–Trinajstić information content (AvgIpc) is 3.42. The normalized spacial score (nSPS) is 12.0. The van der Waals surface area contributed by atoms with Crippen molar-refractivity contribution in [2.24, 2.45) is 0 Å². The molecule has 1 aromatic heterocycles. The molecule has 0 saturated carbocycles. The van der Waals surface area contributed by atoms with Crippen molar-refractivity contribution in [1.29, 1.82) is 0 Å². The molecule has 0 spiro atoms. The van der Waals surface area contributed by atoms with Gasteiger partial charge in [-0.1, -0.05) is 42.0 Å². The van der Waals surface area contributed by atoms with Crippen LogP contribution in [0.4, 0.5) is 0 Å². The van der Waals surface area contributed by atoms with Crippen LogP contribution in [0.2, 0.25) is 0 Å². The van der Waals surface area contributed by atoms with Crippen LogP contribution in [-0.4, -0.2) is 39.3 Å². The summed E-state index contributed by atoms with van der Waals surface area (Å²) in [5.74, 6) is 1.32. The highest BCUT2D eigenvalue weighted by Gasteiger charge is 2.28. The summed E-state index contributed by atoms with van der Waals surface area (Å²) < 4.78 is 66.4. The minimum Gasteiger partial charge on any atom is -0.497 e. The third-order valence-electron chi connectivity index (χ3n) is 5.91. The Morgan fingerprint density at radius 3 is 1.62 bits per heavy atom. The van der Waals surface area contributed by atoms with Gasteiger partial charge in [-0.2, -0.15) is 4.31 Å². The van der Waals surface area contributed by atoms with Gasteiger partial charge in [-0.05, 0) is 60.5 Å². The first kappa shape index (κ1) is 26.5. The third-order valence-corrected chi connectivity index (χ3v) is 9.34. The van der Waals surface area contributed by atoms with Crippen LogP contribution in [0.1, 0.15) is 16.7 Å². The number of ether oxygens (including phenoxy) is 2. The molecule has 37 heavy (non-hydrogen) atoms. The highest BCUT2D eigenvalue weighted by Crippen LogP contribution is 2.25. The van der Waals surface area contributed by atoms with E-state index >= 15 is 0 Å². The summed E-state index contributed by atoms with van der Waals surface area (Å²) in [5, 5.41) is 0.